The molecular weight excluding hydrogens is 928 g/mol. The molecule has 0 saturated carbocycles. The van der Waals surface area contributed by atoms with E-state index in [9.17, 15) is 81.4 Å². The summed E-state index contributed by atoms with van der Waals surface area (Å²) in [7, 11) is 0. The molecule has 25 heteroatoms. The third-order valence-electron chi connectivity index (χ3n) is 13.2. The summed E-state index contributed by atoms with van der Waals surface area (Å²) in [6, 6.07) is 5.97. The van der Waals surface area contributed by atoms with Gasteiger partial charge in [-0.3, -0.25) is 4.79 Å². The zero-order valence-electron chi connectivity index (χ0n) is 36.4. The van der Waals surface area contributed by atoms with Crippen molar-refractivity contribution in [1.82, 2.24) is 0 Å². The number of phenolic OH excluding ortho intramolecular Hbond substituents is 2. The van der Waals surface area contributed by atoms with Gasteiger partial charge in [0.2, 0.25) is 12.6 Å². The molecule has 0 radical (unpaired) electrons. The topological polar surface area (TPSA) is 404 Å². The number of ketones is 1. The number of Topliss-reactive ketones (excluding diaryl/α,β-unsaturated/α-hetero) is 1. The molecule has 0 amide bonds. The molecule has 69 heavy (non-hydrogen) atoms. The van der Waals surface area contributed by atoms with Gasteiger partial charge in [-0.25, -0.2) is 0 Å². The van der Waals surface area contributed by atoms with E-state index in [1.807, 2.05) is 0 Å². The largest absolute Gasteiger partial charge is 0.507 e. The minimum absolute atomic E-state index is 0.0536. The summed E-state index contributed by atoms with van der Waals surface area (Å²) >= 11 is 0. The van der Waals surface area contributed by atoms with Crippen molar-refractivity contribution < 1.29 is 124 Å². The van der Waals surface area contributed by atoms with E-state index < -0.39 is 177 Å². The van der Waals surface area contributed by atoms with E-state index in [1.165, 1.54) is 25.1 Å². The van der Waals surface area contributed by atoms with Crippen molar-refractivity contribution >= 4 is 22.1 Å². The van der Waals surface area contributed by atoms with Gasteiger partial charge in [-0.1, -0.05) is 0 Å². The molecule has 5 heterocycles. The highest BCUT2D eigenvalue weighted by molar-refractivity contribution is 6.21. The molecule has 19 atom stereocenters. The van der Waals surface area contributed by atoms with E-state index in [4.69, 9.17) is 42.6 Å². The summed E-state index contributed by atoms with van der Waals surface area (Å²) in [5.74, 6) is -5.43. The molecule has 6 aliphatic rings. The fraction of sp³-hybridized carbons (Fsp3) is 0.568. The molecule has 4 fully saturated rings. The summed E-state index contributed by atoms with van der Waals surface area (Å²) in [6.07, 6.45) is -30.6. The average Bonchev–Trinajstić information content (AvgIpc) is 3.31. The van der Waals surface area contributed by atoms with Crippen LogP contribution in [0.1, 0.15) is 34.0 Å². The molecule has 5 aliphatic heterocycles. The third kappa shape index (κ3) is 8.28. The van der Waals surface area contributed by atoms with Crippen LogP contribution < -0.4 is 14.2 Å². The molecule has 9 rings (SSSR count). The van der Waals surface area contributed by atoms with Gasteiger partial charge in [0.25, 0.3) is 5.79 Å². The monoisotopic (exact) mass is 980 g/mol. The van der Waals surface area contributed by atoms with Gasteiger partial charge in [0.15, 0.2) is 18.4 Å². The number of rotatable bonds is 10. The zero-order chi connectivity index (χ0) is 49.7. The van der Waals surface area contributed by atoms with Crippen molar-refractivity contribution in [2.45, 2.75) is 130 Å². The normalized spacial score (nSPS) is 40.0. The van der Waals surface area contributed by atoms with E-state index in [2.05, 4.69) is 0 Å². The maximum Gasteiger partial charge on any atom is 0.267 e. The van der Waals surface area contributed by atoms with E-state index in [1.54, 1.807) is 6.92 Å². The number of benzene rings is 3. The smallest absolute Gasteiger partial charge is 0.267 e. The predicted molar refractivity (Wildman–Crippen MR) is 222 cm³/mol. The number of carbonyl (C=O) groups excluding carboxylic acids is 1. The van der Waals surface area contributed by atoms with Crippen molar-refractivity contribution in [1.29, 1.82) is 0 Å². The molecule has 15 N–H and O–H groups in total. The summed E-state index contributed by atoms with van der Waals surface area (Å²) in [4.78, 5) is 14.4. The van der Waals surface area contributed by atoms with Gasteiger partial charge < -0.3 is 119 Å². The van der Waals surface area contributed by atoms with Crippen LogP contribution in [0, 0.1) is 6.92 Å². The van der Waals surface area contributed by atoms with Crippen molar-refractivity contribution in [3.63, 3.8) is 0 Å². The molecule has 0 bridgehead atoms. The molecule has 3 aromatic carbocycles. The maximum absolute atomic E-state index is 14.4. The fourth-order valence-corrected chi connectivity index (χ4v) is 9.44. The lowest BCUT2D eigenvalue weighted by Gasteiger charge is -2.44. The van der Waals surface area contributed by atoms with E-state index in [-0.39, 0.29) is 44.5 Å². The molecule has 1 aliphatic carbocycles. The van der Waals surface area contributed by atoms with Gasteiger partial charge in [0.05, 0.1) is 42.9 Å². The van der Waals surface area contributed by atoms with Gasteiger partial charge in [0, 0.05) is 16.5 Å². The van der Waals surface area contributed by atoms with Crippen LogP contribution in [0.3, 0.4) is 0 Å². The molecule has 25 nitrogen and oxygen atoms in total. The van der Waals surface area contributed by atoms with Crippen LogP contribution >= 0.6 is 0 Å². The van der Waals surface area contributed by atoms with Gasteiger partial charge in [-0.05, 0) is 55.3 Å². The first kappa shape index (κ1) is 49.5. The second-order valence-electron chi connectivity index (χ2n) is 17.7. The number of fused-ring (bicyclic) bond motifs is 4. The summed E-state index contributed by atoms with van der Waals surface area (Å²) in [5.41, 5.74) is -0.971. The van der Waals surface area contributed by atoms with Crippen LogP contribution in [-0.2, 0) is 34.2 Å². The standard InChI is InChI=1S/C44H52O25/c1-12-7-15(46)24-18(65-42-38(58)34(54)32(52)21(67-42)10-63-40-36(56)30(50)16(47)8-61-40)5-6-19-26(24)23(12)27-13(2)29(49)25-14(45)3-4-20(28(25)44(27,60)69-19)66-43-39(59)35(55)33(53)22(68-43)11-64-41-37(57)31(51)17(48)9-62-41/h3-7,16-17,21-22,30-43,45-48,50-60H,8-11H2,1-2H3/t16-,17-,21-,22-,30+,31+,32-,33-,34+,35+,36-,37-,38-,39-,40+,41+,42-,43-,44?/m1/s1. The number of allylic oxidation sites excluding steroid dienone is 1. The molecule has 1 unspecified atom stereocenters. The Bertz CT molecular complexity index is 2480. The Hall–Kier alpha value is -4.43. The van der Waals surface area contributed by atoms with Crippen molar-refractivity contribution in [3.8, 4) is 28.7 Å². The van der Waals surface area contributed by atoms with E-state index >= 15 is 0 Å². The van der Waals surface area contributed by atoms with Gasteiger partial charge in [0.1, 0.15) is 114 Å². The zero-order valence-corrected chi connectivity index (χ0v) is 36.4. The second-order valence-corrected chi connectivity index (χ2v) is 17.7. The lowest BCUT2D eigenvalue weighted by molar-refractivity contribution is -0.308. The first-order chi connectivity index (χ1) is 32.6. The number of aromatic hydroxyl groups is 2. The van der Waals surface area contributed by atoms with Gasteiger partial charge in [-0.15, -0.1) is 0 Å². The van der Waals surface area contributed by atoms with E-state index in [0.717, 1.165) is 12.1 Å². The number of carbonyl (C=O) groups is 1. The Labute approximate surface area is 389 Å². The van der Waals surface area contributed by atoms with Crippen molar-refractivity contribution in [3.05, 3.63) is 58.2 Å². The maximum atomic E-state index is 14.4. The van der Waals surface area contributed by atoms with Crippen molar-refractivity contribution in [2.24, 2.45) is 0 Å². The highest BCUT2D eigenvalue weighted by Crippen LogP contribution is 2.59. The SMILES string of the molecule is CC1=C2c3c(C)cc(O)c4c(O[C@@H]5O[C@H](CO[C@@H]6OC[C@@H](O)[C@H](O)[C@H]6O)[C@@H](O)[C@H](O)[C@H]5O)ccc(c34)OC2(O)c2c(O[C@@H]3O[C@H](CO[C@@H]4OC[C@@H](O)[C@H](O)[C@H]4O)[C@@H](O)[C@H](O)[C@H]3O)ccc(O)c2C1=O. The Morgan fingerprint density at radius 1 is 0.580 bits per heavy atom. The quantitative estimate of drug-likeness (QED) is 0.0905. The molecular formula is C44H52O25. The highest BCUT2D eigenvalue weighted by atomic mass is 16.7. The summed E-state index contributed by atoms with van der Waals surface area (Å²) in [5, 5.41) is 161. The number of aliphatic hydroxyl groups excluding tert-OH is 12. The molecule has 3 aromatic rings. The molecule has 378 valence electrons. The number of hydrogen-bond donors (Lipinski definition) is 15. The number of phenols is 2. The minimum atomic E-state index is -2.73. The summed E-state index contributed by atoms with van der Waals surface area (Å²) < 4.78 is 51.6. The van der Waals surface area contributed by atoms with Crippen LogP contribution in [0.2, 0.25) is 0 Å². The van der Waals surface area contributed by atoms with Crippen LogP contribution in [0.15, 0.2) is 35.9 Å². The van der Waals surface area contributed by atoms with Crippen molar-refractivity contribution in [2.75, 3.05) is 26.4 Å². The lowest BCUT2D eigenvalue weighted by atomic mass is 9.74. The fourth-order valence-electron chi connectivity index (χ4n) is 9.44. The third-order valence-corrected chi connectivity index (χ3v) is 13.2. The number of hydrogen-bond acceptors (Lipinski definition) is 25. The average molecular weight is 981 g/mol. The van der Waals surface area contributed by atoms with Crippen LogP contribution in [0.25, 0.3) is 16.3 Å². The minimum Gasteiger partial charge on any atom is -0.507 e. The number of aliphatic hydroxyl groups is 13. The molecule has 0 aromatic heterocycles. The number of aryl methyl sites for hydroxylation is 1. The highest BCUT2D eigenvalue weighted by Gasteiger charge is 2.55. The molecule has 4 saturated heterocycles. The van der Waals surface area contributed by atoms with Crippen LogP contribution in [-0.4, -0.2) is 219 Å². The second kappa shape index (κ2) is 18.6. The summed E-state index contributed by atoms with van der Waals surface area (Å²) in [6.45, 7) is 0.847. The van der Waals surface area contributed by atoms with E-state index in [0.29, 0.717) is 0 Å². The molecule has 0 spiro atoms. The first-order valence-corrected chi connectivity index (χ1v) is 21.7. The van der Waals surface area contributed by atoms with Gasteiger partial charge in [-0.2, -0.15) is 0 Å². The van der Waals surface area contributed by atoms with Crippen LogP contribution in [0.5, 0.6) is 28.7 Å². The lowest BCUT2D eigenvalue weighted by Crippen LogP contribution is -2.61. The predicted octanol–water partition coefficient (Wildman–Crippen LogP) is -4.95. The Morgan fingerprint density at radius 3 is 1.61 bits per heavy atom. The van der Waals surface area contributed by atoms with Gasteiger partial charge >= 0.3 is 0 Å². The Morgan fingerprint density at radius 2 is 1.07 bits per heavy atom. The first-order valence-electron chi connectivity index (χ1n) is 21.7. The van der Waals surface area contributed by atoms with Crippen LogP contribution in [0.4, 0.5) is 0 Å². The number of ether oxygens (including phenoxy) is 9. The Balaban J connectivity index is 1.02. The Kier molecular flexibility index (Phi) is 13.4.